The van der Waals surface area contributed by atoms with Crippen molar-refractivity contribution in [2.24, 2.45) is 17.3 Å². The highest BCUT2D eigenvalue weighted by atomic mass is 16.5. The van der Waals surface area contributed by atoms with Crippen LogP contribution in [0.3, 0.4) is 0 Å². The smallest absolute Gasteiger partial charge is 0.407 e. The Hall–Kier alpha value is -3.35. The van der Waals surface area contributed by atoms with Crippen LogP contribution in [-0.4, -0.2) is 42.3 Å². The third kappa shape index (κ3) is 4.04. The summed E-state index contributed by atoms with van der Waals surface area (Å²) in [5, 5.41) is 14.9. The van der Waals surface area contributed by atoms with Crippen molar-refractivity contribution in [2.45, 2.75) is 44.6 Å². The lowest BCUT2D eigenvalue weighted by Gasteiger charge is -2.30. The van der Waals surface area contributed by atoms with Crippen molar-refractivity contribution >= 4 is 18.0 Å². The predicted molar refractivity (Wildman–Crippen MR) is 126 cm³/mol. The average molecular weight is 463 g/mol. The normalized spacial score (nSPS) is 26.9. The zero-order valence-electron chi connectivity index (χ0n) is 19.3. The van der Waals surface area contributed by atoms with E-state index >= 15 is 0 Å². The number of ether oxygens (including phenoxy) is 1. The number of amides is 2. The van der Waals surface area contributed by atoms with Crippen LogP contribution >= 0.6 is 0 Å². The summed E-state index contributed by atoms with van der Waals surface area (Å²) < 4.78 is 5.68. The van der Waals surface area contributed by atoms with Crippen molar-refractivity contribution in [3.05, 3.63) is 59.7 Å². The molecule has 34 heavy (non-hydrogen) atoms. The highest BCUT2D eigenvalue weighted by Crippen LogP contribution is 2.45. The molecule has 0 saturated heterocycles. The third-order valence-electron chi connectivity index (χ3n) is 7.88. The van der Waals surface area contributed by atoms with Crippen LogP contribution in [0.4, 0.5) is 4.79 Å². The second kappa shape index (κ2) is 8.78. The lowest BCUT2D eigenvalue weighted by Crippen LogP contribution is -2.51. The van der Waals surface area contributed by atoms with Gasteiger partial charge >= 0.3 is 12.1 Å². The number of rotatable bonds is 7. The summed E-state index contributed by atoms with van der Waals surface area (Å²) in [6, 6.07) is 16.1. The van der Waals surface area contributed by atoms with Crippen molar-refractivity contribution in [3.63, 3.8) is 0 Å². The predicted octanol–water partition coefficient (Wildman–Crippen LogP) is 3.92. The minimum absolute atomic E-state index is 0.00000520. The number of carbonyl (C=O) groups is 3. The van der Waals surface area contributed by atoms with Gasteiger partial charge in [0.2, 0.25) is 5.91 Å². The molecule has 0 aliphatic heterocycles. The molecular formula is C27H30N2O5. The Balaban J connectivity index is 1.18. The molecule has 0 spiro atoms. The van der Waals surface area contributed by atoms with Crippen LogP contribution < -0.4 is 10.6 Å². The molecule has 3 N–H and O–H groups in total. The summed E-state index contributed by atoms with van der Waals surface area (Å²) in [5.41, 5.74) is 3.92. The molecule has 3 aliphatic carbocycles. The number of alkyl carbamates (subject to hydrolysis) is 1. The standard InChI is InChI=1S/C27H30N2O5/c1-27(25(32)28-14-16-13-21(16)24(30)31)12-6-11-23(27)29-26(33)34-15-22-19-9-4-2-7-17(19)18-8-3-5-10-20(18)22/h2-5,7-10,16,21-23H,6,11-15H2,1H3,(H,28,32)(H,29,33)(H,30,31)/t16-,21-,23?,27?/m1/s1. The fraction of sp³-hybridized carbons (Fsp3) is 0.444. The first-order chi connectivity index (χ1) is 16.4. The molecule has 2 unspecified atom stereocenters. The minimum atomic E-state index is -0.805. The van der Waals surface area contributed by atoms with Crippen LogP contribution in [0.1, 0.15) is 49.7 Å². The zero-order chi connectivity index (χ0) is 23.9. The van der Waals surface area contributed by atoms with E-state index in [2.05, 4.69) is 34.9 Å². The quantitative estimate of drug-likeness (QED) is 0.579. The number of nitrogens with one attached hydrogen (secondary N) is 2. The molecule has 2 aromatic carbocycles. The molecule has 2 fully saturated rings. The van der Waals surface area contributed by atoms with E-state index in [1.165, 1.54) is 11.1 Å². The maximum absolute atomic E-state index is 13.0. The van der Waals surface area contributed by atoms with Gasteiger partial charge in [0, 0.05) is 18.5 Å². The van der Waals surface area contributed by atoms with E-state index in [0.29, 0.717) is 25.8 Å². The molecule has 0 heterocycles. The Labute approximate surface area is 198 Å². The van der Waals surface area contributed by atoms with E-state index in [1.807, 2.05) is 31.2 Å². The SMILES string of the molecule is CC1(C(=O)NC[C@H]2C[C@H]2C(=O)O)CCCC1NC(=O)OCC1c2ccccc2-c2ccccc21. The summed E-state index contributed by atoms with van der Waals surface area (Å²) >= 11 is 0. The van der Waals surface area contributed by atoms with E-state index in [0.717, 1.165) is 17.5 Å². The summed E-state index contributed by atoms with van der Waals surface area (Å²) in [5.74, 6) is -1.31. The summed E-state index contributed by atoms with van der Waals surface area (Å²) in [4.78, 5) is 36.7. The molecule has 3 aliphatic rings. The van der Waals surface area contributed by atoms with Crippen LogP contribution in [0.25, 0.3) is 11.1 Å². The highest BCUT2D eigenvalue weighted by molar-refractivity contribution is 5.84. The van der Waals surface area contributed by atoms with Crippen LogP contribution in [0, 0.1) is 17.3 Å². The molecule has 0 bridgehead atoms. The lowest BCUT2D eigenvalue weighted by molar-refractivity contribution is -0.139. The number of carboxylic acid groups (broad SMARTS) is 1. The number of fused-ring (bicyclic) bond motifs is 3. The van der Waals surface area contributed by atoms with E-state index in [4.69, 9.17) is 9.84 Å². The van der Waals surface area contributed by atoms with E-state index in [9.17, 15) is 14.4 Å². The van der Waals surface area contributed by atoms with Crippen molar-refractivity contribution in [1.82, 2.24) is 10.6 Å². The number of benzene rings is 2. The average Bonchev–Trinajstić information content (AvgIpc) is 3.44. The molecule has 7 heteroatoms. The van der Waals surface area contributed by atoms with Gasteiger partial charge in [0.05, 0.1) is 11.3 Å². The fourth-order valence-corrected chi connectivity index (χ4v) is 5.65. The Morgan fingerprint density at radius 2 is 1.71 bits per heavy atom. The number of hydrogen-bond donors (Lipinski definition) is 3. The Bertz CT molecular complexity index is 1090. The molecular weight excluding hydrogens is 432 g/mol. The van der Waals surface area contributed by atoms with Gasteiger partial charge in [-0.05, 0) is 54.4 Å². The van der Waals surface area contributed by atoms with E-state index in [1.54, 1.807) is 0 Å². The van der Waals surface area contributed by atoms with Gasteiger partial charge in [0.1, 0.15) is 6.61 Å². The van der Waals surface area contributed by atoms with Crippen LogP contribution in [0.2, 0.25) is 0 Å². The first kappa shape index (κ1) is 22.4. The maximum Gasteiger partial charge on any atom is 0.407 e. The summed E-state index contributed by atoms with van der Waals surface area (Å²) in [7, 11) is 0. The Morgan fingerprint density at radius 1 is 1.06 bits per heavy atom. The molecule has 178 valence electrons. The van der Waals surface area contributed by atoms with Gasteiger partial charge in [-0.3, -0.25) is 9.59 Å². The first-order valence-corrected chi connectivity index (χ1v) is 12.0. The van der Waals surface area contributed by atoms with Crippen molar-refractivity contribution in [3.8, 4) is 11.1 Å². The number of carbonyl (C=O) groups excluding carboxylic acids is 2. The van der Waals surface area contributed by atoms with Gasteiger partial charge in [0.25, 0.3) is 0 Å². The second-order valence-corrected chi connectivity index (χ2v) is 9.98. The Kier molecular flexibility index (Phi) is 5.80. The molecule has 0 radical (unpaired) electrons. The van der Waals surface area contributed by atoms with Gasteiger partial charge < -0.3 is 20.5 Å². The van der Waals surface area contributed by atoms with Crippen LogP contribution in [0.5, 0.6) is 0 Å². The molecule has 4 atom stereocenters. The number of carboxylic acids is 1. The molecule has 5 rings (SSSR count). The number of hydrogen-bond acceptors (Lipinski definition) is 4. The number of aliphatic carboxylic acids is 1. The third-order valence-corrected chi connectivity index (χ3v) is 7.88. The first-order valence-electron chi connectivity index (χ1n) is 12.0. The van der Waals surface area contributed by atoms with Crippen molar-refractivity contribution < 1.29 is 24.2 Å². The van der Waals surface area contributed by atoms with Gasteiger partial charge in [-0.25, -0.2) is 4.79 Å². The van der Waals surface area contributed by atoms with Gasteiger partial charge in [0.15, 0.2) is 0 Å². The monoisotopic (exact) mass is 462 g/mol. The molecule has 2 saturated carbocycles. The second-order valence-electron chi connectivity index (χ2n) is 9.98. The largest absolute Gasteiger partial charge is 0.481 e. The molecule has 7 nitrogen and oxygen atoms in total. The van der Waals surface area contributed by atoms with Gasteiger partial charge in [-0.15, -0.1) is 0 Å². The summed E-state index contributed by atoms with van der Waals surface area (Å²) in [6.45, 7) is 2.46. The minimum Gasteiger partial charge on any atom is -0.481 e. The van der Waals surface area contributed by atoms with Crippen LogP contribution in [0.15, 0.2) is 48.5 Å². The molecule has 2 aromatic rings. The van der Waals surface area contributed by atoms with Crippen molar-refractivity contribution in [1.29, 1.82) is 0 Å². The highest BCUT2D eigenvalue weighted by Gasteiger charge is 2.48. The van der Waals surface area contributed by atoms with Crippen molar-refractivity contribution in [2.75, 3.05) is 13.2 Å². The topological polar surface area (TPSA) is 105 Å². The molecule has 2 amide bonds. The zero-order valence-corrected chi connectivity index (χ0v) is 19.3. The summed E-state index contributed by atoms with van der Waals surface area (Å²) in [6.07, 6.45) is 2.30. The van der Waals surface area contributed by atoms with E-state index in [-0.39, 0.29) is 36.3 Å². The maximum atomic E-state index is 13.0. The lowest BCUT2D eigenvalue weighted by atomic mass is 9.83. The van der Waals surface area contributed by atoms with Crippen LogP contribution in [-0.2, 0) is 14.3 Å². The fourth-order valence-electron chi connectivity index (χ4n) is 5.65. The van der Waals surface area contributed by atoms with E-state index < -0.39 is 17.5 Å². The Morgan fingerprint density at radius 3 is 2.32 bits per heavy atom. The molecule has 0 aromatic heterocycles. The van der Waals surface area contributed by atoms with Gasteiger partial charge in [-0.2, -0.15) is 0 Å². The van der Waals surface area contributed by atoms with Gasteiger partial charge in [-0.1, -0.05) is 55.0 Å².